The molecule has 144 valence electrons. The van der Waals surface area contributed by atoms with Crippen molar-refractivity contribution in [1.82, 2.24) is 30.3 Å². The number of aromatic amines is 1. The highest BCUT2D eigenvalue weighted by Crippen LogP contribution is 2.13. The van der Waals surface area contributed by atoms with E-state index in [1.165, 1.54) is 17.3 Å². The van der Waals surface area contributed by atoms with Gasteiger partial charge < -0.3 is 10.4 Å². The van der Waals surface area contributed by atoms with Crippen LogP contribution in [0.1, 0.15) is 29.9 Å². The normalized spacial score (nSPS) is 12.1. The number of aromatic nitrogens is 5. The average Bonchev–Trinajstić information content (AvgIpc) is 3.18. The number of aryl methyl sites for hydroxylation is 2. The van der Waals surface area contributed by atoms with Crippen LogP contribution in [0.15, 0.2) is 12.7 Å². The second-order valence-corrected chi connectivity index (χ2v) is 5.31. The van der Waals surface area contributed by atoms with Crippen LogP contribution in [0, 0.1) is 13.8 Å². The molecule has 2 rings (SSSR count). The summed E-state index contributed by atoms with van der Waals surface area (Å²) in [5, 5.41) is 21.0. The van der Waals surface area contributed by atoms with Crippen molar-refractivity contribution in [1.29, 1.82) is 0 Å². The number of carboxylic acid groups (broad SMARTS) is 1. The topological polar surface area (TPSA) is 126 Å². The number of carboxylic acids is 1. The number of aliphatic carboxylic acids is 1. The molecule has 2 aromatic rings. The van der Waals surface area contributed by atoms with E-state index in [1.54, 1.807) is 6.92 Å². The predicted molar refractivity (Wildman–Crippen MR) is 83.2 cm³/mol. The zero-order valence-electron chi connectivity index (χ0n) is 14.3. The largest absolute Gasteiger partial charge is 0.490 e. The van der Waals surface area contributed by atoms with Gasteiger partial charge in [-0.3, -0.25) is 9.89 Å². The van der Waals surface area contributed by atoms with Crippen molar-refractivity contribution in [3.8, 4) is 0 Å². The number of hydrogen-bond acceptors (Lipinski definition) is 5. The molecule has 2 heterocycles. The molecular weight excluding hydrogens is 357 g/mol. The van der Waals surface area contributed by atoms with Gasteiger partial charge in [0.25, 0.3) is 0 Å². The van der Waals surface area contributed by atoms with E-state index in [1.807, 2.05) is 13.8 Å². The fraction of sp³-hybridized carbons (Fsp3) is 0.500. The molecule has 3 N–H and O–H groups in total. The lowest BCUT2D eigenvalue weighted by Crippen LogP contribution is -2.32. The van der Waals surface area contributed by atoms with Crippen LogP contribution in [0.4, 0.5) is 13.2 Å². The van der Waals surface area contributed by atoms with Crippen LogP contribution in [0.5, 0.6) is 0 Å². The van der Waals surface area contributed by atoms with Crippen LogP contribution in [-0.4, -0.2) is 54.7 Å². The zero-order chi connectivity index (χ0) is 19.9. The molecule has 0 spiro atoms. The van der Waals surface area contributed by atoms with Gasteiger partial charge in [0.15, 0.2) is 0 Å². The van der Waals surface area contributed by atoms with Gasteiger partial charge in [0.05, 0.1) is 5.69 Å². The Morgan fingerprint density at radius 2 is 2.00 bits per heavy atom. The highest BCUT2D eigenvalue weighted by Gasteiger charge is 2.38. The quantitative estimate of drug-likeness (QED) is 0.719. The fourth-order valence-electron chi connectivity index (χ4n) is 1.94. The molecule has 1 amide bonds. The molecule has 0 saturated heterocycles. The molecule has 0 bridgehead atoms. The van der Waals surface area contributed by atoms with E-state index in [4.69, 9.17) is 9.90 Å². The van der Waals surface area contributed by atoms with Crippen molar-refractivity contribution in [3.05, 3.63) is 29.6 Å². The molecule has 0 aliphatic carbocycles. The summed E-state index contributed by atoms with van der Waals surface area (Å²) in [7, 11) is 0. The van der Waals surface area contributed by atoms with E-state index >= 15 is 0 Å². The molecule has 26 heavy (non-hydrogen) atoms. The molecule has 0 aliphatic rings. The van der Waals surface area contributed by atoms with Crippen LogP contribution in [0.3, 0.4) is 0 Å². The van der Waals surface area contributed by atoms with E-state index < -0.39 is 12.1 Å². The highest BCUT2D eigenvalue weighted by molar-refractivity contribution is 5.79. The molecule has 1 unspecified atom stereocenters. The third kappa shape index (κ3) is 6.18. The van der Waals surface area contributed by atoms with Gasteiger partial charge in [-0.1, -0.05) is 0 Å². The number of nitrogens with zero attached hydrogens (tertiary/aromatic N) is 4. The molecule has 0 aliphatic heterocycles. The number of H-pyrrole nitrogens is 1. The lowest BCUT2D eigenvalue weighted by Gasteiger charge is -2.12. The van der Waals surface area contributed by atoms with Crippen molar-refractivity contribution in [2.75, 3.05) is 6.54 Å². The monoisotopic (exact) mass is 376 g/mol. The SMILES string of the molecule is Cc1n[nH]c(C)c1CCNC(=O)C(C)n1cncn1.O=C(O)C(F)(F)F. The van der Waals surface area contributed by atoms with E-state index in [2.05, 4.69) is 25.6 Å². The third-order valence-corrected chi connectivity index (χ3v) is 3.41. The Hall–Kier alpha value is -2.92. The summed E-state index contributed by atoms with van der Waals surface area (Å²) in [4.78, 5) is 24.6. The molecule has 0 saturated carbocycles. The molecule has 0 aromatic carbocycles. The number of amides is 1. The number of alkyl halides is 3. The molecule has 0 radical (unpaired) electrons. The third-order valence-electron chi connectivity index (χ3n) is 3.41. The average molecular weight is 376 g/mol. The first-order valence-corrected chi connectivity index (χ1v) is 7.46. The highest BCUT2D eigenvalue weighted by atomic mass is 19.4. The molecule has 2 aromatic heterocycles. The Bertz CT molecular complexity index is 707. The first-order chi connectivity index (χ1) is 12.0. The van der Waals surface area contributed by atoms with Gasteiger partial charge in [-0.2, -0.15) is 23.4 Å². The van der Waals surface area contributed by atoms with E-state index in [0.717, 1.165) is 23.4 Å². The van der Waals surface area contributed by atoms with Gasteiger partial charge in [0.1, 0.15) is 18.7 Å². The minimum atomic E-state index is -5.08. The Balaban J connectivity index is 0.000000412. The lowest BCUT2D eigenvalue weighted by atomic mass is 10.1. The van der Waals surface area contributed by atoms with Crippen molar-refractivity contribution in [2.45, 2.75) is 39.4 Å². The number of rotatable bonds is 5. The second kappa shape index (κ2) is 8.97. The number of carbonyl (C=O) groups excluding carboxylic acids is 1. The first-order valence-electron chi connectivity index (χ1n) is 7.46. The first kappa shape index (κ1) is 21.1. The maximum absolute atomic E-state index is 11.9. The number of nitrogens with one attached hydrogen (secondary N) is 2. The van der Waals surface area contributed by atoms with Crippen LogP contribution in [-0.2, 0) is 16.0 Å². The van der Waals surface area contributed by atoms with Crippen LogP contribution in [0.25, 0.3) is 0 Å². The summed E-state index contributed by atoms with van der Waals surface area (Å²) in [5.41, 5.74) is 3.20. The molecule has 1 atom stereocenters. The van der Waals surface area contributed by atoms with Crippen LogP contribution >= 0.6 is 0 Å². The van der Waals surface area contributed by atoms with Crippen molar-refractivity contribution < 1.29 is 27.9 Å². The van der Waals surface area contributed by atoms with E-state index in [9.17, 15) is 18.0 Å². The summed E-state index contributed by atoms with van der Waals surface area (Å²) in [5.74, 6) is -2.82. The number of hydrogen-bond donors (Lipinski definition) is 3. The molecule has 9 nitrogen and oxygen atoms in total. The maximum Gasteiger partial charge on any atom is 0.490 e. The summed E-state index contributed by atoms with van der Waals surface area (Å²) >= 11 is 0. The van der Waals surface area contributed by atoms with Gasteiger partial charge in [-0.05, 0) is 32.8 Å². The Morgan fingerprint density at radius 3 is 2.42 bits per heavy atom. The second-order valence-electron chi connectivity index (χ2n) is 5.31. The molecule has 0 fully saturated rings. The Morgan fingerprint density at radius 1 is 1.38 bits per heavy atom. The minimum absolute atomic E-state index is 0.0655. The summed E-state index contributed by atoms with van der Waals surface area (Å²) in [6.45, 7) is 6.31. The van der Waals surface area contributed by atoms with Crippen molar-refractivity contribution in [2.24, 2.45) is 0 Å². The fourth-order valence-corrected chi connectivity index (χ4v) is 1.94. The maximum atomic E-state index is 11.9. The summed E-state index contributed by atoms with van der Waals surface area (Å²) in [6, 6.07) is -0.353. The smallest absolute Gasteiger partial charge is 0.475 e. The Labute approximate surface area is 146 Å². The van der Waals surface area contributed by atoms with Crippen LogP contribution < -0.4 is 5.32 Å². The molecule has 12 heteroatoms. The summed E-state index contributed by atoms with van der Waals surface area (Å²) < 4.78 is 33.3. The summed E-state index contributed by atoms with van der Waals surface area (Å²) in [6.07, 6.45) is -1.36. The minimum Gasteiger partial charge on any atom is -0.475 e. The van der Waals surface area contributed by atoms with Gasteiger partial charge >= 0.3 is 12.1 Å². The lowest BCUT2D eigenvalue weighted by molar-refractivity contribution is -0.192. The van der Waals surface area contributed by atoms with Crippen molar-refractivity contribution >= 4 is 11.9 Å². The molecular formula is C14H19F3N6O3. The van der Waals surface area contributed by atoms with Gasteiger partial charge in [-0.15, -0.1) is 0 Å². The van der Waals surface area contributed by atoms with Gasteiger partial charge in [0, 0.05) is 12.2 Å². The van der Waals surface area contributed by atoms with E-state index in [-0.39, 0.29) is 11.9 Å². The van der Waals surface area contributed by atoms with Crippen LogP contribution in [0.2, 0.25) is 0 Å². The van der Waals surface area contributed by atoms with Crippen molar-refractivity contribution in [3.63, 3.8) is 0 Å². The predicted octanol–water partition coefficient (Wildman–Crippen LogP) is 1.17. The van der Waals surface area contributed by atoms with Gasteiger partial charge in [-0.25, -0.2) is 14.5 Å². The number of halogens is 3. The van der Waals surface area contributed by atoms with E-state index in [0.29, 0.717) is 6.54 Å². The number of carbonyl (C=O) groups is 2. The zero-order valence-corrected chi connectivity index (χ0v) is 14.3. The van der Waals surface area contributed by atoms with Gasteiger partial charge in [0.2, 0.25) is 5.91 Å². The standard InChI is InChI=1S/C12H18N6O.C2HF3O2/c1-8-11(9(2)17-16-8)4-5-14-12(19)10(3)18-7-13-6-15-18;3-2(4,5)1(6)7/h6-7,10H,4-5H2,1-3H3,(H,14,19)(H,16,17);(H,6,7). The Kier molecular flexibility index (Phi) is 7.28.